The molecule has 0 aliphatic carbocycles. The number of ether oxygens (including phenoxy) is 1. The van der Waals surface area contributed by atoms with Crippen molar-refractivity contribution in [3.8, 4) is 22.5 Å². The molecule has 0 bridgehead atoms. The van der Waals surface area contributed by atoms with E-state index in [2.05, 4.69) is 15.0 Å². The first-order valence-electron chi connectivity index (χ1n) is 7.99. The lowest BCUT2D eigenvalue weighted by molar-refractivity contribution is 0.0526. The first-order valence-corrected chi connectivity index (χ1v) is 7.99. The molecule has 0 aromatic carbocycles. The van der Waals surface area contributed by atoms with Gasteiger partial charge in [-0.3, -0.25) is 9.97 Å². The molecule has 5 heteroatoms. The second-order valence-corrected chi connectivity index (χ2v) is 5.27. The van der Waals surface area contributed by atoms with E-state index in [4.69, 9.17) is 4.74 Å². The van der Waals surface area contributed by atoms with Gasteiger partial charge < -0.3 is 9.72 Å². The fourth-order valence-corrected chi connectivity index (χ4v) is 2.82. The van der Waals surface area contributed by atoms with Crippen LogP contribution in [0.4, 0.5) is 0 Å². The molecular formula is C19H19N3O2. The molecule has 3 aromatic rings. The maximum atomic E-state index is 12.6. The summed E-state index contributed by atoms with van der Waals surface area (Å²) in [6.07, 6.45) is 7.62. The van der Waals surface area contributed by atoms with Gasteiger partial charge in [-0.25, -0.2) is 4.79 Å². The minimum atomic E-state index is -0.308. The van der Waals surface area contributed by atoms with Crippen molar-refractivity contribution in [1.29, 1.82) is 0 Å². The van der Waals surface area contributed by atoms with Crippen LogP contribution in [0.25, 0.3) is 22.5 Å². The van der Waals surface area contributed by atoms with Gasteiger partial charge in [0.1, 0.15) is 0 Å². The topological polar surface area (TPSA) is 67.9 Å². The van der Waals surface area contributed by atoms with Crippen LogP contribution in [0.15, 0.2) is 49.1 Å². The third kappa shape index (κ3) is 2.93. The Morgan fingerprint density at radius 1 is 0.958 bits per heavy atom. The van der Waals surface area contributed by atoms with Crippen molar-refractivity contribution in [2.24, 2.45) is 0 Å². The number of nitrogens with zero attached hydrogens (tertiary/aromatic N) is 2. The molecule has 0 saturated heterocycles. The summed E-state index contributed by atoms with van der Waals surface area (Å²) in [5.41, 5.74) is 5.13. The summed E-state index contributed by atoms with van der Waals surface area (Å²) >= 11 is 0. The van der Waals surface area contributed by atoms with Gasteiger partial charge in [0.25, 0.3) is 0 Å². The minimum Gasteiger partial charge on any atom is -0.462 e. The predicted octanol–water partition coefficient (Wildman–Crippen LogP) is 3.88. The van der Waals surface area contributed by atoms with Gasteiger partial charge in [-0.05, 0) is 43.2 Å². The molecule has 0 aliphatic heterocycles. The monoisotopic (exact) mass is 321 g/mol. The number of carbonyl (C=O) groups is 1. The van der Waals surface area contributed by atoms with Crippen LogP contribution in [0.1, 0.15) is 29.8 Å². The van der Waals surface area contributed by atoms with Crippen LogP contribution < -0.4 is 0 Å². The molecule has 0 amide bonds. The Balaban J connectivity index is 2.24. The molecule has 1 N–H and O–H groups in total. The van der Waals surface area contributed by atoms with Crippen molar-refractivity contribution in [1.82, 2.24) is 15.0 Å². The van der Waals surface area contributed by atoms with Crippen molar-refractivity contribution >= 4 is 5.97 Å². The van der Waals surface area contributed by atoms with Crippen LogP contribution in [0.5, 0.6) is 0 Å². The standard InChI is InChI=1S/C19H19N3O2/c1-3-15-16(19(23)24-4-2)18(14-7-11-21-12-8-14)22-17(15)13-5-9-20-10-6-13/h5-12,22H,3-4H2,1-2H3. The van der Waals surface area contributed by atoms with Gasteiger partial charge in [-0.2, -0.15) is 0 Å². The van der Waals surface area contributed by atoms with Crippen molar-refractivity contribution in [3.63, 3.8) is 0 Å². The van der Waals surface area contributed by atoms with Crippen LogP contribution in [0.3, 0.4) is 0 Å². The average molecular weight is 321 g/mol. The second kappa shape index (κ2) is 7.08. The summed E-state index contributed by atoms with van der Waals surface area (Å²) in [5, 5.41) is 0. The molecule has 0 unspecified atom stereocenters. The summed E-state index contributed by atoms with van der Waals surface area (Å²) in [5.74, 6) is -0.308. The van der Waals surface area contributed by atoms with Gasteiger partial charge in [0, 0.05) is 35.9 Å². The van der Waals surface area contributed by atoms with E-state index in [1.54, 1.807) is 24.8 Å². The van der Waals surface area contributed by atoms with Gasteiger partial charge in [-0.15, -0.1) is 0 Å². The van der Waals surface area contributed by atoms with Gasteiger partial charge in [0.05, 0.1) is 23.6 Å². The molecule has 0 fully saturated rings. The van der Waals surface area contributed by atoms with Crippen LogP contribution in [-0.4, -0.2) is 27.5 Å². The Kier molecular flexibility index (Phi) is 4.70. The van der Waals surface area contributed by atoms with E-state index in [-0.39, 0.29) is 5.97 Å². The summed E-state index contributed by atoms with van der Waals surface area (Å²) in [4.78, 5) is 24.1. The number of pyridine rings is 2. The Morgan fingerprint density at radius 2 is 1.50 bits per heavy atom. The fourth-order valence-electron chi connectivity index (χ4n) is 2.82. The van der Waals surface area contributed by atoms with E-state index in [0.29, 0.717) is 18.6 Å². The highest BCUT2D eigenvalue weighted by Crippen LogP contribution is 2.34. The number of esters is 1. The van der Waals surface area contributed by atoms with E-state index in [0.717, 1.165) is 28.1 Å². The molecule has 0 atom stereocenters. The van der Waals surface area contributed by atoms with Crippen LogP contribution in [-0.2, 0) is 11.2 Å². The lowest BCUT2D eigenvalue weighted by atomic mass is 10.0. The van der Waals surface area contributed by atoms with Gasteiger partial charge in [0.15, 0.2) is 0 Å². The second-order valence-electron chi connectivity index (χ2n) is 5.27. The van der Waals surface area contributed by atoms with E-state index in [1.807, 2.05) is 38.1 Å². The zero-order valence-corrected chi connectivity index (χ0v) is 13.7. The maximum Gasteiger partial charge on any atom is 0.340 e. The smallest absolute Gasteiger partial charge is 0.340 e. The summed E-state index contributed by atoms with van der Waals surface area (Å²) in [6.45, 7) is 4.19. The van der Waals surface area contributed by atoms with Crippen molar-refractivity contribution < 1.29 is 9.53 Å². The Hall–Kier alpha value is -2.95. The summed E-state index contributed by atoms with van der Waals surface area (Å²) in [7, 11) is 0. The molecule has 0 saturated carbocycles. The number of rotatable bonds is 5. The van der Waals surface area contributed by atoms with Gasteiger partial charge in [-0.1, -0.05) is 6.92 Å². The number of H-pyrrole nitrogens is 1. The lowest BCUT2D eigenvalue weighted by Gasteiger charge is -2.06. The molecular weight excluding hydrogens is 302 g/mol. The Bertz CT molecular complexity index is 827. The third-order valence-electron chi connectivity index (χ3n) is 3.87. The highest BCUT2D eigenvalue weighted by molar-refractivity contribution is 6.00. The molecule has 3 heterocycles. The molecule has 0 spiro atoms. The fraction of sp³-hybridized carbons (Fsp3) is 0.211. The number of hydrogen-bond donors (Lipinski definition) is 1. The zero-order chi connectivity index (χ0) is 16.9. The lowest BCUT2D eigenvalue weighted by Crippen LogP contribution is -2.07. The number of nitrogens with one attached hydrogen (secondary N) is 1. The van der Waals surface area contributed by atoms with E-state index in [1.165, 1.54) is 0 Å². The molecule has 24 heavy (non-hydrogen) atoms. The van der Waals surface area contributed by atoms with Crippen LogP contribution in [0.2, 0.25) is 0 Å². The van der Waals surface area contributed by atoms with Gasteiger partial charge in [0.2, 0.25) is 0 Å². The molecule has 0 radical (unpaired) electrons. The predicted molar refractivity (Wildman–Crippen MR) is 92.6 cm³/mol. The summed E-state index contributed by atoms with van der Waals surface area (Å²) in [6, 6.07) is 7.61. The largest absolute Gasteiger partial charge is 0.462 e. The van der Waals surface area contributed by atoms with Crippen molar-refractivity contribution in [2.75, 3.05) is 6.61 Å². The molecule has 3 aromatic heterocycles. The highest BCUT2D eigenvalue weighted by atomic mass is 16.5. The average Bonchev–Trinajstić information content (AvgIpc) is 3.03. The van der Waals surface area contributed by atoms with Gasteiger partial charge >= 0.3 is 5.97 Å². The molecule has 3 rings (SSSR count). The molecule has 0 aliphatic rings. The number of aromatic amines is 1. The van der Waals surface area contributed by atoms with Crippen LogP contribution in [0, 0.1) is 0 Å². The number of aromatic nitrogens is 3. The highest BCUT2D eigenvalue weighted by Gasteiger charge is 2.24. The summed E-state index contributed by atoms with van der Waals surface area (Å²) < 4.78 is 5.29. The first-order chi connectivity index (χ1) is 11.8. The van der Waals surface area contributed by atoms with E-state index < -0.39 is 0 Å². The quantitative estimate of drug-likeness (QED) is 0.724. The van der Waals surface area contributed by atoms with Crippen molar-refractivity contribution in [3.05, 3.63) is 60.2 Å². The SMILES string of the molecule is CCOC(=O)c1c(-c2ccncc2)[nH]c(-c2ccncc2)c1CC. The first kappa shape index (κ1) is 15.9. The maximum absolute atomic E-state index is 12.6. The molecule has 5 nitrogen and oxygen atoms in total. The van der Waals surface area contributed by atoms with Crippen molar-refractivity contribution in [2.45, 2.75) is 20.3 Å². The third-order valence-corrected chi connectivity index (χ3v) is 3.87. The number of hydrogen-bond acceptors (Lipinski definition) is 4. The van der Waals surface area contributed by atoms with Crippen LogP contribution >= 0.6 is 0 Å². The number of carbonyl (C=O) groups excluding carboxylic acids is 1. The Morgan fingerprint density at radius 3 is 2.00 bits per heavy atom. The minimum absolute atomic E-state index is 0.308. The van der Waals surface area contributed by atoms with E-state index in [9.17, 15) is 4.79 Å². The molecule has 122 valence electrons. The normalized spacial score (nSPS) is 10.6. The van der Waals surface area contributed by atoms with E-state index >= 15 is 0 Å². The zero-order valence-electron chi connectivity index (χ0n) is 13.7. The Labute approximate surface area is 140 Å².